The maximum atomic E-state index is 15.1. The van der Waals surface area contributed by atoms with E-state index in [4.69, 9.17) is 4.74 Å². The van der Waals surface area contributed by atoms with Crippen LogP contribution < -0.4 is 4.74 Å². The van der Waals surface area contributed by atoms with Crippen LogP contribution in [0.3, 0.4) is 0 Å². The first-order valence-corrected chi connectivity index (χ1v) is 10.6. The lowest BCUT2D eigenvalue weighted by Crippen LogP contribution is -1.99. The molecule has 0 aromatic heterocycles. The Morgan fingerprint density at radius 3 is 2.15 bits per heavy atom. The van der Waals surface area contributed by atoms with Crippen LogP contribution in [0.25, 0.3) is 21.9 Å². The minimum atomic E-state index is -1.52. The van der Waals surface area contributed by atoms with E-state index in [1.807, 2.05) is 6.92 Å². The zero-order valence-corrected chi connectivity index (χ0v) is 17.9. The summed E-state index contributed by atoms with van der Waals surface area (Å²) < 4.78 is 75.1. The molecule has 4 aromatic rings. The summed E-state index contributed by atoms with van der Waals surface area (Å²) in [5.41, 5.74) is 1.59. The molecule has 0 fully saturated rings. The first kappa shape index (κ1) is 22.8. The average Bonchev–Trinajstić information content (AvgIpc) is 2.80. The second-order valence-corrected chi connectivity index (χ2v) is 7.84. The van der Waals surface area contributed by atoms with Gasteiger partial charge in [0.2, 0.25) is 0 Å². The molecule has 0 spiro atoms. The summed E-state index contributed by atoms with van der Waals surface area (Å²) in [6.45, 7) is 2.47. The van der Waals surface area contributed by atoms with Crippen molar-refractivity contribution >= 4 is 10.8 Å². The molecule has 0 saturated heterocycles. The summed E-state index contributed by atoms with van der Waals surface area (Å²) >= 11 is 0. The number of fused-ring (bicyclic) bond motifs is 1. The molecule has 0 bridgehead atoms. The van der Waals surface area contributed by atoms with Crippen molar-refractivity contribution in [3.63, 3.8) is 0 Å². The number of halogens is 5. The van der Waals surface area contributed by atoms with Gasteiger partial charge in [0.15, 0.2) is 17.5 Å². The number of hydrogen-bond acceptors (Lipinski definition) is 1. The van der Waals surface area contributed by atoms with Crippen LogP contribution in [-0.2, 0) is 12.8 Å². The smallest absolute Gasteiger partial charge is 0.194 e. The van der Waals surface area contributed by atoms with E-state index in [-0.39, 0.29) is 18.4 Å². The molecule has 0 atom stereocenters. The van der Waals surface area contributed by atoms with Gasteiger partial charge in [-0.2, -0.15) is 0 Å². The van der Waals surface area contributed by atoms with E-state index in [2.05, 4.69) is 0 Å². The van der Waals surface area contributed by atoms with Crippen LogP contribution in [0.4, 0.5) is 22.0 Å². The van der Waals surface area contributed by atoms with Gasteiger partial charge in [-0.05, 0) is 71.7 Å². The van der Waals surface area contributed by atoms with Crippen LogP contribution in [0, 0.1) is 29.1 Å². The molecule has 0 aliphatic heterocycles. The molecule has 0 amide bonds. The normalized spacial score (nSPS) is 11.2. The van der Waals surface area contributed by atoms with E-state index in [0.717, 1.165) is 18.6 Å². The standard InChI is InChI=1S/C27H21F5O/c1-2-11-33-20-8-10-21(23(28)15-20)18-7-9-22-19(14-18)6-5-17(26(22)31)4-3-16-12-24(29)27(32)25(30)13-16/h5-10,12-15H,2-4,11H2,1H3. The van der Waals surface area contributed by atoms with Crippen LogP contribution in [0.5, 0.6) is 5.75 Å². The van der Waals surface area contributed by atoms with Crippen molar-refractivity contribution < 1.29 is 26.7 Å². The molecule has 4 rings (SSSR count). The molecular formula is C27H21F5O. The number of rotatable bonds is 7. The lowest BCUT2D eigenvalue weighted by atomic mass is 9.97. The van der Waals surface area contributed by atoms with Gasteiger partial charge in [-0.15, -0.1) is 0 Å². The largest absolute Gasteiger partial charge is 0.494 e. The maximum absolute atomic E-state index is 15.1. The molecule has 0 N–H and O–H groups in total. The highest BCUT2D eigenvalue weighted by Gasteiger charge is 2.14. The third kappa shape index (κ3) is 4.85. The van der Waals surface area contributed by atoms with Gasteiger partial charge < -0.3 is 4.74 Å². The highest BCUT2D eigenvalue weighted by molar-refractivity contribution is 5.88. The summed E-state index contributed by atoms with van der Waals surface area (Å²) in [5, 5.41) is 0.953. The second-order valence-electron chi connectivity index (χ2n) is 7.84. The van der Waals surface area contributed by atoms with Crippen molar-refractivity contribution in [3.05, 3.63) is 101 Å². The number of ether oxygens (including phenoxy) is 1. The number of hydrogen-bond donors (Lipinski definition) is 0. The van der Waals surface area contributed by atoms with E-state index in [9.17, 15) is 17.6 Å². The molecule has 0 heterocycles. The molecule has 0 aliphatic carbocycles. The molecule has 170 valence electrons. The topological polar surface area (TPSA) is 9.23 Å². The fourth-order valence-electron chi connectivity index (χ4n) is 3.77. The number of aryl methyl sites for hydroxylation is 2. The summed E-state index contributed by atoms with van der Waals surface area (Å²) in [7, 11) is 0. The lowest BCUT2D eigenvalue weighted by Gasteiger charge is -2.11. The van der Waals surface area contributed by atoms with Gasteiger partial charge >= 0.3 is 0 Å². The fourth-order valence-corrected chi connectivity index (χ4v) is 3.77. The summed E-state index contributed by atoms with van der Waals surface area (Å²) in [4.78, 5) is 0. The van der Waals surface area contributed by atoms with Crippen molar-refractivity contribution in [2.24, 2.45) is 0 Å². The van der Waals surface area contributed by atoms with Gasteiger partial charge in [0, 0.05) is 17.0 Å². The Hall–Kier alpha value is -3.41. The van der Waals surface area contributed by atoms with Crippen LogP contribution in [0.1, 0.15) is 24.5 Å². The van der Waals surface area contributed by atoms with Gasteiger partial charge in [0.25, 0.3) is 0 Å². The van der Waals surface area contributed by atoms with Gasteiger partial charge in [-0.25, -0.2) is 22.0 Å². The molecule has 0 radical (unpaired) electrons. The first-order chi connectivity index (χ1) is 15.9. The monoisotopic (exact) mass is 456 g/mol. The Balaban J connectivity index is 1.58. The van der Waals surface area contributed by atoms with E-state index < -0.39 is 29.1 Å². The molecule has 33 heavy (non-hydrogen) atoms. The number of benzene rings is 4. The van der Waals surface area contributed by atoms with E-state index in [1.165, 1.54) is 6.07 Å². The van der Waals surface area contributed by atoms with Gasteiger partial charge in [-0.3, -0.25) is 0 Å². The minimum absolute atomic E-state index is 0.145. The Bertz CT molecular complexity index is 1290. The Morgan fingerprint density at radius 1 is 0.697 bits per heavy atom. The third-order valence-corrected chi connectivity index (χ3v) is 5.49. The van der Waals surface area contributed by atoms with Gasteiger partial charge in [0.1, 0.15) is 17.4 Å². The van der Waals surface area contributed by atoms with E-state index in [1.54, 1.807) is 42.5 Å². The maximum Gasteiger partial charge on any atom is 0.194 e. The first-order valence-electron chi connectivity index (χ1n) is 10.6. The lowest BCUT2D eigenvalue weighted by molar-refractivity contribution is 0.316. The predicted octanol–water partition coefficient (Wildman–Crippen LogP) is 7.78. The molecule has 6 heteroatoms. The molecular weight excluding hydrogens is 435 g/mol. The van der Waals surface area contributed by atoms with Crippen LogP contribution in [-0.4, -0.2) is 6.61 Å². The predicted molar refractivity (Wildman–Crippen MR) is 119 cm³/mol. The molecule has 1 nitrogen and oxygen atoms in total. The van der Waals surface area contributed by atoms with E-state index in [0.29, 0.717) is 39.8 Å². The van der Waals surface area contributed by atoms with Crippen molar-refractivity contribution in [2.75, 3.05) is 6.61 Å². The van der Waals surface area contributed by atoms with E-state index >= 15 is 4.39 Å². The van der Waals surface area contributed by atoms with Gasteiger partial charge in [-0.1, -0.05) is 31.2 Å². The quantitative estimate of drug-likeness (QED) is 0.204. The molecule has 0 unspecified atom stereocenters. The van der Waals surface area contributed by atoms with Crippen molar-refractivity contribution in [2.45, 2.75) is 26.2 Å². The third-order valence-electron chi connectivity index (χ3n) is 5.49. The second kappa shape index (κ2) is 9.61. The Kier molecular flexibility index (Phi) is 6.63. The molecule has 0 aliphatic rings. The zero-order chi connectivity index (χ0) is 23.5. The van der Waals surface area contributed by atoms with Gasteiger partial charge in [0.05, 0.1) is 6.61 Å². The SMILES string of the molecule is CCCOc1ccc(-c2ccc3c(F)c(CCc4cc(F)c(F)c(F)c4)ccc3c2)c(F)c1. The highest BCUT2D eigenvalue weighted by atomic mass is 19.2. The molecule has 0 saturated carbocycles. The van der Waals surface area contributed by atoms with Crippen molar-refractivity contribution in [1.82, 2.24) is 0 Å². The van der Waals surface area contributed by atoms with Crippen LogP contribution in [0.15, 0.2) is 60.7 Å². The van der Waals surface area contributed by atoms with Crippen molar-refractivity contribution in [1.29, 1.82) is 0 Å². The van der Waals surface area contributed by atoms with Crippen molar-refractivity contribution in [3.8, 4) is 16.9 Å². The Labute approximate surface area is 188 Å². The minimum Gasteiger partial charge on any atom is -0.494 e. The highest BCUT2D eigenvalue weighted by Crippen LogP contribution is 2.31. The summed E-state index contributed by atoms with van der Waals surface area (Å²) in [6.07, 6.45) is 1.15. The Morgan fingerprint density at radius 2 is 1.45 bits per heavy atom. The fraction of sp³-hybridized carbons (Fsp3) is 0.185. The van der Waals surface area contributed by atoms with Crippen LogP contribution in [0.2, 0.25) is 0 Å². The summed E-state index contributed by atoms with van der Waals surface area (Å²) in [6, 6.07) is 14.7. The van der Waals surface area contributed by atoms with Crippen LogP contribution >= 0.6 is 0 Å². The zero-order valence-electron chi connectivity index (χ0n) is 17.9. The molecule has 4 aromatic carbocycles. The average molecular weight is 456 g/mol. The summed E-state index contributed by atoms with van der Waals surface area (Å²) in [5.74, 6) is -4.49.